The van der Waals surface area contributed by atoms with Crippen molar-refractivity contribution in [1.82, 2.24) is 5.32 Å². The smallest absolute Gasteiger partial charge is 0.123 e. The molecule has 17 heavy (non-hydrogen) atoms. The first-order valence-corrected chi connectivity index (χ1v) is 6.74. The third-order valence-corrected chi connectivity index (χ3v) is 3.64. The number of halogens is 1. The van der Waals surface area contributed by atoms with E-state index in [0.29, 0.717) is 0 Å². The van der Waals surface area contributed by atoms with E-state index < -0.39 is 0 Å². The fraction of sp³-hybridized carbons (Fsp3) is 0.286. The second-order valence-corrected chi connectivity index (χ2v) is 5.39. The van der Waals surface area contributed by atoms with E-state index in [-0.39, 0.29) is 6.04 Å². The van der Waals surface area contributed by atoms with E-state index in [1.807, 2.05) is 13.1 Å². The van der Waals surface area contributed by atoms with Crippen LogP contribution in [0.3, 0.4) is 0 Å². The van der Waals surface area contributed by atoms with Gasteiger partial charge in [0.25, 0.3) is 0 Å². The Hall–Kier alpha value is -0.810. The number of hydrogen-bond acceptors (Lipinski definition) is 2. The summed E-state index contributed by atoms with van der Waals surface area (Å²) in [6.45, 7) is 2.08. The van der Waals surface area contributed by atoms with Crippen molar-refractivity contribution in [2.75, 3.05) is 7.05 Å². The highest BCUT2D eigenvalue weighted by molar-refractivity contribution is 14.1. The van der Waals surface area contributed by atoms with Crippen LogP contribution in [0.1, 0.15) is 22.9 Å². The second kappa shape index (κ2) is 5.69. The van der Waals surface area contributed by atoms with Crippen LogP contribution in [0.4, 0.5) is 0 Å². The summed E-state index contributed by atoms with van der Waals surface area (Å²) >= 11 is 2.32. The fourth-order valence-corrected chi connectivity index (χ4v) is 2.28. The molecule has 0 fully saturated rings. The quantitative estimate of drug-likeness (QED) is 0.858. The molecule has 3 heteroatoms. The van der Waals surface area contributed by atoms with Crippen molar-refractivity contribution in [3.8, 4) is 0 Å². The van der Waals surface area contributed by atoms with E-state index in [1.165, 1.54) is 14.7 Å². The zero-order chi connectivity index (χ0) is 12.3. The van der Waals surface area contributed by atoms with Gasteiger partial charge in [-0.15, -0.1) is 0 Å². The molecule has 0 spiro atoms. The molecule has 0 saturated heterocycles. The molecule has 2 nitrogen and oxygen atoms in total. The van der Waals surface area contributed by atoms with Crippen LogP contribution in [-0.4, -0.2) is 7.05 Å². The van der Waals surface area contributed by atoms with Gasteiger partial charge in [-0.2, -0.15) is 0 Å². The minimum Gasteiger partial charge on any atom is -0.467 e. The van der Waals surface area contributed by atoms with Crippen LogP contribution in [0.25, 0.3) is 0 Å². The Morgan fingerprint density at radius 1 is 1.24 bits per heavy atom. The van der Waals surface area contributed by atoms with E-state index in [4.69, 9.17) is 4.42 Å². The average Bonchev–Trinajstić information content (AvgIpc) is 2.75. The molecule has 1 aromatic heterocycles. The number of benzene rings is 1. The van der Waals surface area contributed by atoms with Crippen LogP contribution in [0.15, 0.2) is 41.0 Å². The topological polar surface area (TPSA) is 25.2 Å². The van der Waals surface area contributed by atoms with Crippen molar-refractivity contribution in [3.05, 3.63) is 57.1 Å². The van der Waals surface area contributed by atoms with Gasteiger partial charge in [0.05, 0.1) is 12.3 Å². The highest BCUT2D eigenvalue weighted by Gasteiger charge is 2.15. The van der Waals surface area contributed by atoms with Gasteiger partial charge in [0.15, 0.2) is 0 Å². The Morgan fingerprint density at radius 2 is 1.94 bits per heavy atom. The molecular formula is C14H16INO. The molecule has 0 aliphatic carbocycles. The molecule has 0 saturated carbocycles. The van der Waals surface area contributed by atoms with Gasteiger partial charge in [0.1, 0.15) is 5.76 Å². The largest absolute Gasteiger partial charge is 0.467 e. The van der Waals surface area contributed by atoms with Crippen molar-refractivity contribution in [3.63, 3.8) is 0 Å². The molecule has 1 heterocycles. The first kappa shape index (κ1) is 12.6. The summed E-state index contributed by atoms with van der Waals surface area (Å²) in [5.41, 5.74) is 2.52. The highest BCUT2D eigenvalue weighted by Crippen LogP contribution is 2.22. The number of likely N-dealkylation sites (N-methyl/N-ethyl adjacent to an activating group) is 1. The van der Waals surface area contributed by atoms with Gasteiger partial charge in [-0.05, 0) is 72.3 Å². The lowest BCUT2D eigenvalue weighted by Crippen LogP contribution is -2.19. The predicted octanol–water partition coefficient (Wildman–Crippen LogP) is 3.70. The molecule has 0 aliphatic heterocycles. The summed E-state index contributed by atoms with van der Waals surface area (Å²) < 4.78 is 6.81. The van der Waals surface area contributed by atoms with Gasteiger partial charge < -0.3 is 9.73 Å². The normalized spacial score (nSPS) is 12.6. The van der Waals surface area contributed by atoms with Gasteiger partial charge in [0, 0.05) is 3.57 Å². The van der Waals surface area contributed by atoms with E-state index in [1.54, 1.807) is 6.26 Å². The molecule has 0 radical (unpaired) electrons. The van der Waals surface area contributed by atoms with Crippen LogP contribution in [-0.2, 0) is 6.42 Å². The molecule has 1 N–H and O–H groups in total. The predicted molar refractivity (Wildman–Crippen MR) is 78.1 cm³/mol. The molecule has 0 amide bonds. The van der Waals surface area contributed by atoms with Gasteiger partial charge in [-0.25, -0.2) is 0 Å². The Balaban J connectivity index is 2.16. The SMILES string of the molecule is CNC(Cc1ccc(I)cc1)c1occc1C. The lowest BCUT2D eigenvalue weighted by Gasteiger charge is -2.15. The van der Waals surface area contributed by atoms with Crippen molar-refractivity contribution in [2.45, 2.75) is 19.4 Å². The fourth-order valence-electron chi connectivity index (χ4n) is 1.92. The van der Waals surface area contributed by atoms with Crippen molar-refractivity contribution < 1.29 is 4.42 Å². The molecule has 2 aromatic rings. The van der Waals surface area contributed by atoms with E-state index in [9.17, 15) is 0 Å². The second-order valence-electron chi connectivity index (χ2n) is 4.14. The third kappa shape index (κ3) is 3.10. The van der Waals surface area contributed by atoms with Crippen LogP contribution in [0.5, 0.6) is 0 Å². The standard InChI is InChI=1S/C14H16INO/c1-10-7-8-17-14(10)13(16-2)9-11-3-5-12(15)6-4-11/h3-8,13,16H,9H2,1-2H3. The van der Waals surface area contributed by atoms with Crippen LogP contribution in [0.2, 0.25) is 0 Å². The molecule has 0 aliphatic rings. The lowest BCUT2D eigenvalue weighted by molar-refractivity contribution is 0.426. The number of nitrogens with one attached hydrogen (secondary N) is 1. The van der Waals surface area contributed by atoms with E-state index >= 15 is 0 Å². The van der Waals surface area contributed by atoms with E-state index in [0.717, 1.165) is 12.2 Å². The minimum absolute atomic E-state index is 0.241. The molecule has 2 rings (SSSR count). The van der Waals surface area contributed by atoms with Crippen molar-refractivity contribution in [2.24, 2.45) is 0 Å². The van der Waals surface area contributed by atoms with Crippen LogP contribution < -0.4 is 5.32 Å². The van der Waals surface area contributed by atoms with Crippen LogP contribution in [0, 0.1) is 10.5 Å². The maximum absolute atomic E-state index is 5.55. The maximum Gasteiger partial charge on any atom is 0.123 e. The Kier molecular flexibility index (Phi) is 4.23. The van der Waals surface area contributed by atoms with Gasteiger partial charge in [-0.3, -0.25) is 0 Å². The third-order valence-electron chi connectivity index (χ3n) is 2.92. The van der Waals surface area contributed by atoms with Crippen molar-refractivity contribution in [1.29, 1.82) is 0 Å². The monoisotopic (exact) mass is 341 g/mol. The zero-order valence-corrected chi connectivity index (χ0v) is 12.2. The number of rotatable bonds is 4. The lowest BCUT2D eigenvalue weighted by atomic mass is 10.0. The molecule has 90 valence electrons. The van der Waals surface area contributed by atoms with Gasteiger partial charge in [-0.1, -0.05) is 12.1 Å². The van der Waals surface area contributed by atoms with Gasteiger partial charge in [0.2, 0.25) is 0 Å². The molecule has 1 unspecified atom stereocenters. The summed E-state index contributed by atoms with van der Waals surface area (Å²) in [4.78, 5) is 0. The average molecular weight is 341 g/mol. The Morgan fingerprint density at radius 3 is 2.47 bits per heavy atom. The Bertz CT molecular complexity index is 475. The summed E-state index contributed by atoms with van der Waals surface area (Å²) in [6, 6.07) is 10.9. The number of aryl methyl sites for hydroxylation is 1. The molecular weight excluding hydrogens is 325 g/mol. The highest BCUT2D eigenvalue weighted by atomic mass is 127. The maximum atomic E-state index is 5.55. The Labute approximate surface area is 116 Å². The molecule has 1 aromatic carbocycles. The minimum atomic E-state index is 0.241. The van der Waals surface area contributed by atoms with E-state index in [2.05, 4.69) is 59.1 Å². The summed E-state index contributed by atoms with van der Waals surface area (Å²) in [5.74, 6) is 1.03. The first-order chi connectivity index (χ1) is 8.20. The summed E-state index contributed by atoms with van der Waals surface area (Å²) in [5, 5.41) is 3.31. The molecule has 0 bridgehead atoms. The first-order valence-electron chi connectivity index (χ1n) is 5.66. The number of furan rings is 1. The zero-order valence-electron chi connectivity index (χ0n) is 10.0. The molecule has 1 atom stereocenters. The van der Waals surface area contributed by atoms with Crippen LogP contribution >= 0.6 is 22.6 Å². The summed E-state index contributed by atoms with van der Waals surface area (Å²) in [7, 11) is 1.97. The summed E-state index contributed by atoms with van der Waals surface area (Å²) in [6.07, 6.45) is 2.70. The number of hydrogen-bond donors (Lipinski definition) is 1. The van der Waals surface area contributed by atoms with Gasteiger partial charge >= 0.3 is 0 Å². The van der Waals surface area contributed by atoms with Crippen molar-refractivity contribution >= 4 is 22.6 Å².